The van der Waals surface area contributed by atoms with E-state index in [0.29, 0.717) is 0 Å². The molecule has 2 rings (SSSR count). The standard InChI is InChI=1S/C9H14N4O/c1-7-8(6-14-12-7)5-11-9-10-3-4-13(9)2/h6H,3-5H2,1-2H3,(H,10,11). The molecule has 0 saturated carbocycles. The second kappa shape index (κ2) is 3.69. The van der Waals surface area contributed by atoms with Gasteiger partial charge in [-0.25, -0.2) is 0 Å². The Morgan fingerprint density at radius 3 is 3.07 bits per heavy atom. The summed E-state index contributed by atoms with van der Waals surface area (Å²) >= 11 is 0. The maximum absolute atomic E-state index is 4.84. The van der Waals surface area contributed by atoms with Crippen molar-refractivity contribution >= 4 is 5.96 Å². The molecule has 0 amide bonds. The summed E-state index contributed by atoms with van der Waals surface area (Å²) < 4.78 is 4.84. The Labute approximate surface area is 82.8 Å². The highest BCUT2D eigenvalue weighted by Gasteiger charge is 2.12. The quantitative estimate of drug-likeness (QED) is 0.739. The van der Waals surface area contributed by atoms with Crippen molar-refractivity contribution < 1.29 is 4.52 Å². The van der Waals surface area contributed by atoms with Gasteiger partial charge >= 0.3 is 0 Å². The molecule has 0 saturated heterocycles. The second-order valence-electron chi connectivity index (χ2n) is 3.41. The van der Waals surface area contributed by atoms with E-state index in [4.69, 9.17) is 4.52 Å². The molecule has 0 radical (unpaired) electrons. The fourth-order valence-electron chi connectivity index (χ4n) is 1.38. The van der Waals surface area contributed by atoms with Crippen LogP contribution in [0.25, 0.3) is 0 Å². The van der Waals surface area contributed by atoms with E-state index in [2.05, 4.69) is 20.4 Å². The molecule has 0 bridgehead atoms. The summed E-state index contributed by atoms with van der Waals surface area (Å²) in [6.07, 6.45) is 1.66. The lowest BCUT2D eigenvalue weighted by atomic mass is 10.3. The molecule has 1 aliphatic heterocycles. The van der Waals surface area contributed by atoms with E-state index in [1.807, 2.05) is 14.0 Å². The molecule has 5 nitrogen and oxygen atoms in total. The smallest absolute Gasteiger partial charge is 0.194 e. The first kappa shape index (κ1) is 9.05. The number of rotatable bonds is 2. The molecule has 76 valence electrons. The average molecular weight is 194 g/mol. The van der Waals surface area contributed by atoms with Gasteiger partial charge in [-0.15, -0.1) is 0 Å². The predicted molar refractivity (Wildman–Crippen MR) is 53.0 cm³/mol. The van der Waals surface area contributed by atoms with Crippen molar-refractivity contribution in [3.05, 3.63) is 17.5 Å². The molecule has 0 spiro atoms. The molecule has 2 heterocycles. The Balaban J connectivity index is 1.92. The van der Waals surface area contributed by atoms with E-state index >= 15 is 0 Å². The summed E-state index contributed by atoms with van der Waals surface area (Å²) in [6.45, 7) is 4.52. The van der Waals surface area contributed by atoms with Crippen LogP contribution in [0.1, 0.15) is 11.3 Å². The molecule has 1 aromatic rings. The lowest BCUT2D eigenvalue weighted by Crippen LogP contribution is -2.35. The molecule has 0 atom stereocenters. The SMILES string of the molecule is Cc1nocc1CNC1=NCCN1C. The molecule has 14 heavy (non-hydrogen) atoms. The largest absolute Gasteiger partial charge is 0.364 e. The van der Waals surface area contributed by atoms with E-state index in [9.17, 15) is 0 Å². The van der Waals surface area contributed by atoms with Crippen LogP contribution in [0.15, 0.2) is 15.8 Å². The number of nitrogens with zero attached hydrogens (tertiary/aromatic N) is 3. The number of nitrogens with one attached hydrogen (secondary N) is 1. The van der Waals surface area contributed by atoms with Gasteiger partial charge in [0.25, 0.3) is 0 Å². The van der Waals surface area contributed by atoms with Crippen LogP contribution in [0.3, 0.4) is 0 Å². The van der Waals surface area contributed by atoms with Crippen LogP contribution in [0, 0.1) is 6.92 Å². The minimum atomic E-state index is 0.721. The molecule has 0 aromatic carbocycles. The van der Waals surface area contributed by atoms with Gasteiger partial charge in [0.2, 0.25) is 0 Å². The number of likely N-dealkylation sites (N-methyl/N-ethyl adjacent to an activating group) is 1. The van der Waals surface area contributed by atoms with Crippen LogP contribution in [-0.2, 0) is 6.54 Å². The van der Waals surface area contributed by atoms with E-state index in [1.165, 1.54) is 0 Å². The van der Waals surface area contributed by atoms with E-state index in [0.717, 1.165) is 36.9 Å². The highest BCUT2D eigenvalue weighted by molar-refractivity contribution is 5.81. The molecule has 1 aromatic heterocycles. The van der Waals surface area contributed by atoms with Gasteiger partial charge in [0.1, 0.15) is 6.26 Å². The third kappa shape index (κ3) is 1.71. The highest BCUT2D eigenvalue weighted by atomic mass is 16.5. The Morgan fingerprint density at radius 1 is 1.64 bits per heavy atom. The summed E-state index contributed by atoms with van der Waals surface area (Å²) in [4.78, 5) is 6.43. The fraction of sp³-hybridized carbons (Fsp3) is 0.556. The number of guanidine groups is 1. The zero-order valence-corrected chi connectivity index (χ0v) is 8.45. The molecular weight excluding hydrogens is 180 g/mol. The van der Waals surface area contributed by atoms with Gasteiger partial charge in [0.05, 0.1) is 12.2 Å². The number of hydrogen-bond donors (Lipinski definition) is 1. The van der Waals surface area contributed by atoms with Crippen molar-refractivity contribution in [2.24, 2.45) is 4.99 Å². The Morgan fingerprint density at radius 2 is 2.50 bits per heavy atom. The zero-order valence-electron chi connectivity index (χ0n) is 8.45. The summed E-state index contributed by atoms with van der Waals surface area (Å²) in [6, 6.07) is 0. The van der Waals surface area contributed by atoms with Crippen LogP contribution in [-0.4, -0.2) is 36.2 Å². The van der Waals surface area contributed by atoms with E-state index in [1.54, 1.807) is 6.26 Å². The van der Waals surface area contributed by atoms with Gasteiger partial charge in [0.15, 0.2) is 5.96 Å². The van der Waals surface area contributed by atoms with Crippen molar-refractivity contribution in [3.63, 3.8) is 0 Å². The maximum Gasteiger partial charge on any atom is 0.194 e. The molecule has 0 fully saturated rings. The topological polar surface area (TPSA) is 53.7 Å². The van der Waals surface area contributed by atoms with Gasteiger partial charge in [0, 0.05) is 25.7 Å². The molecule has 0 unspecified atom stereocenters. The number of aliphatic imine (C=N–C) groups is 1. The third-order valence-corrected chi connectivity index (χ3v) is 2.34. The van der Waals surface area contributed by atoms with Crippen molar-refractivity contribution in [1.82, 2.24) is 15.4 Å². The number of aromatic nitrogens is 1. The predicted octanol–water partition coefficient (Wildman–Crippen LogP) is 0.374. The van der Waals surface area contributed by atoms with Crippen molar-refractivity contribution in [2.75, 3.05) is 20.1 Å². The van der Waals surface area contributed by atoms with Crippen LogP contribution in [0.5, 0.6) is 0 Å². The number of hydrogen-bond acceptors (Lipinski definition) is 5. The van der Waals surface area contributed by atoms with Gasteiger partial charge in [-0.1, -0.05) is 5.16 Å². The molecule has 1 N–H and O–H groups in total. The summed E-state index contributed by atoms with van der Waals surface area (Å²) in [5, 5.41) is 7.06. The summed E-state index contributed by atoms with van der Waals surface area (Å²) in [5.74, 6) is 0.950. The summed E-state index contributed by atoms with van der Waals surface area (Å²) in [5.41, 5.74) is 2.01. The van der Waals surface area contributed by atoms with Crippen molar-refractivity contribution in [3.8, 4) is 0 Å². The third-order valence-electron chi connectivity index (χ3n) is 2.34. The molecule has 1 aliphatic rings. The van der Waals surface area contributed by atoms with Gasteiger partial charge < -0.3 is 14.7 Å². The lowest BCUT2D eigenvalue weighted by Gasteiger charge is -2.14. The molecule has 0 aliphatic carbocycles. The molecular formula is C9H14N4O. The first-order valence-corrected chi connectivity index (χ1v) is 4.66. The monoisotopic (exact) mass is 194 g/mol. The van der Waals surface area contributed by atoms with Crippen molar-refractivity contribution in [1.29, 1.82) is 0 Å². The first-order chi connectivity index (χ1) is 6.77. The number of aryl methyl sites for hydroxylation is 1. The average Bonchev–Trinajstić information content (AvgIpc) is 2.72. The Bertz CT molecular complexity index is 344. The fourth-order valence-corrected chi connectivity index (χ4v) is 1.38. The zero-order chi connectivity index (χ0) is 9.97. The van der Waals surface area contributed by atoms with Crippen LogP contribution < -0.4 is 5.32 Å². The Kier molecular flexibility index (Phi) is 2.39. The van der Waals surface area contributed by atoms with Gasteiger partial charge in [-0.3, -0.25) is 4.99 Å². The Hall–Kier alpha value is -1.52. The van der Waals surface area contributed by atoms with Gasteiger partial charge in [-0.05, 0) is 6.92 Å². The molecule has 5 heteroatoms. The lowest BCUT2D eigenvalue weighted by molar-refractivity contribution is 0.414. The van der Waals surface area contributed by atoms with Crippen LogP contribution in [0.4, 0.5) is 0 Å². The second-order valence-corrected chi connectivity index (χ2v) is 3.41. The normalized spacial score (nSPS) is 15.9. The van der Waals surface area contributed by atoms with Gasteiger partial charge in [-0.2, -0.15) is 0 Å². The minimum absolute atomic E-state index is 0.721. The maximum atomic E-state index is 4.84. The summed E-state index contributed by atoms with van der Waals surface area (Å²) in [7, 11) is 2.03. The van der Waals surface area contributed by atoms with Crippen LogP contribution in [0.2, 0.25) is 0 Å². The van der Waals surface area contributed by atoms with E-state index in [-0.39, 0.29) is 0 Å². The van der Waals surface area contributed by atoms with Crippen molar-refractivity contribution in [2.45, 2.75) is 13.5 Å². The first-order valence-electron chi connectivity index (χ1n) is 4.66. The van der Waals surface area contributed by atoms with E-state index < -0.39 is 0 Å². The highest BCUT2D eigenvalue weighted by Crippen LogP contribution is 2.04. The van der Waals surface area contributed by atoms with Crippen LogP contribution >= 0.6 is 0 Å². The minimum Gasteiger partial charge on any atom is -0.364 e.